The van der Waals surface area contributed by atoms with E-state index in [1.54, 1.807) is 7.11 Å². The number of aryl methyl sites for hydroxylation is 1. The molecule has 0 spiro atoms. The molecule has 0 aromatic heterocycles. The van der Waals surface area contributed by atoms with Crippen molar-refractivity contribution >= 4 is 0 Å². The molecule has 0 amide bonds. The summed E-state index contributed by atoms with van der Waals surface area (Å²) < 4.78 is 10.7. The van der Waals surface area contributed by atoms with Gasteiger partial charge < -0.3 is 14.6 Å². The van der Waals surface area contributed by atoms with Crippen molar-refractivity contribution in [1.29, 1.82) is 0 Å². The lowest BCUT2D eigenvalue weighted by molar-refractivity contribution is 0.219. The summed E-state index contributed by atoms with van der Waals surface area (Å²) in [6, 6.07) is 13.2. The summed E-state index contributed by atoms with van der Waals surface area (Å²) in [5.41, 5.74) is 2.70. The van der Waals surface area contributed by atoms with Crippen LogP contribution in [0.25, 0.3) is 0 Å². The Balaban J connectivity index is 2.24. The molecule has 3 heteroatoms. The highest BCUT2D eigenvalue weighted by atomic mass is 16.5. The molecule has 2 rings (SSSR count). The number of aliphatic hydroxyl groups is 1. The summed E-state index contributed by atoms with van der Waals surface area (Å²) in [5.74, 6) is 1.59. The van der Waals surface area contributed by atoms with Crippen LogP contribution in [0.1, 0.15) is 29.7 Å². The number of benzene rings is 2. The molecule has 0 heterocycles. The van der Waals surface area contributed by atoms with Crippen molar-refractivity contribution in [2.75, 3.05) is 13.7 Å². The lowest BCUT2D eigenvalue weighted by atomic mass is 10.00. The molecule has 0 saturated heterocycles. The molecule has 0 saturated carbocycles. The van der Waals surface area contributed by atoms with Crippen molar-refractivity contribution in [3.8, 4) is 11.5 Å². The molecule has 2 aromatic rings. The zero-order chi connectivity index (χ0) is 14.5. The van der Waals surface area contributed by atoms with E-state index >= 15 is 0 Å². The van der Waals surface area contributed by atoms with E-state index in [1.165, 1.54) is 0 Å². The summed E-state index contributed by atoms with van der Waals surface area (Å²) >= 11 is 0. The van der Waals surface area contributed by atoms with Crippen LogP contribution in [0.15, 0.2) is 42.5 Å². The molecular weight excluding hydrogens is 252 g/mol. The van der Waals surface area contributed by atoms with Gasteiger partial charge in [0.2, 0.25) is 0 Å². The molecule has 2 aromatic carbocycles. The van der Waals surface area contributed by atoms with Crippen LogP contribution in [-0.2, 0) is 0 Å². The Morgan fingerprint density at radius 1 is 1.05 bits per heavy atom. The molecule has 0 aliphatic heterocycles. The van der Waals surface area contributed by atoms with Gasteiger partial charge in [-0.05, 0) is 48.7 Å². The first-order valence-corrected chi connectivity index (χ1v) is 6.71. The van der Waals surface area contributed by atoms with Gasteiger partial charge in [-0.25, -0.2) is 0 Å². The van der Waals surface area contributed by atoms with Crippen LogP contribution in [-0.4, -0.2) is 18.8 Å². The average molecular weight is 272 g/mol. The van der Waals surface area contributed by atoms with E-state index in [4.69, 9.17) is 9.47 Å². The minimum atomic E-state index is -0.667. The Hall–Kier alpha value is -2.00. The van der Waals surface area contributed by atoms with Crippen molar-refractivity contribution in [2.24, 2.45) is 0 Å². The fraction of sp³-hybridized carbons (Fsp3) is 0.294. The topological polar surface area (TPSA) is 38.7 Å². The molecule has 1 N–H and O–H groups in total. The van der Waals surface area contributed by atoms with Gasteiger partial charge in [0.1, 0.15) is 17.6 Å². The van der Waals surface area contributed by atoms with E-state index in [2.05, 4.69) is 0 Å². The smallest absolute Gasteiger partial charge is 0.122 e. The predicted molar refractivity (Wildman–Crippen MR) is 79.4 cm³/mol. The molecule has 106 valence electrons. The third-order valence-corrected chi connectivity index (χ3v) is 3.25. The maximum absolute atomic E-state index is 10.4. The summed E-state index contributed by atoms with van der Waals surface area (Å²) in [6.45, 7) is 4.56. The van der Waals surface area contributed by atoms with Gasteiger partial charge in [-0.2, -0.15) is 0 Å². The monoisotopic (exact) mass is 272 g/mol. The van der Waals surface area contributed by atoms with Crippen molar-refractivity contribution < 1.29 is 14.6 Å². The van der Waals surface area contributed by atoms with Gasteiger partial charge in [0, 0.05) is 0 Å². The van der Waals surface area contributed by atoms with E-state index in [9.17, 15) is 5.11 Å². The zero-order valence-electron chi connectivity index (χ0n) is 12.1. The number of rotatable bonds is 5. The number of hydrogen-bond acceptors (Lipinski definition) is 3. The van der Waals surface area contributed by atoms with Crippen molar-refractivity contribution in [1.82, 2.24) is 0 Å². The van der Waals surface area contributed by atoms with E-state index < -0.39 is 6.10 Å². The lowest BCUT2D eigenvalue weighted by Crippen LogP contribution is -2.01. The van der Waals surface area contributed by atoms with Gasteiger partial charge in [0.15, 0.2) is 0 Å². The number of methoxy groups -OCH3 is 1. The van der Waals surface area contributed by atoms with Crippen LogP contribution in [0.3, 0.4) is 0 Å². The van der Waals surface area contributed by atoms with Crippen LogP contribution < -0.4 is 9.47 Å². The molecule has 0 bridgehead atoms. The Morgan fingerprint density at radius 2 is 1.70 bits per heavy atom. The van der Waals surface area contributed by atoms with E-state index in [0.29, 0.717) is 6.61 Å². The van der Waals surface area contributed by atoms with Gasteiger partial charge in [0.05, 0.1) is 13.7 Å². The molecule has 0 fully saturated rings. The van der Waals surface area contributed by atoms with E-state index in [1.807, 2.05) is 56.3 Å². The van der Waals surface area contributed by atoms with Gasteiger partial charge in [-0.3, -0.25) is 0 Å². The lowest BCUT2D eigenvalue weighted by Gasteiger charge is -2.14. The molecule has 0 aliphatic rings. The van der Waals surface area contributed by atoms with E-state index in [-0.39, 0.29) is 0 Å². The standard InChI is InChI=1S/C17H20O3/c1-4-20-15-9-7-13(8-10-15)17(18)14-6-5-12(2)16(11-14)19-3/h5-11,17-18H,4H2,1-3H3. The minimum absolute atomic E-state index is 0.636. The van der Waals surface area contributed by atoms with Crippen LogP contribution >= 0.6 is 0 Å². The Bertz CT molecular complexity index is 561. The highest BCUT2D eigenvalue weighted by Gasteiger charge is 2.12. The maximum atomic E-state index is 10.4. The Morgan fingerprint density at radius 3 is 2.30 bits per heavy atom. The molecule has 20 heavy (non-hydrogen) atoms. The van der Waals surface area contributed by atoms with Crippen LogP contribution in [0.2, 0.25) is 0 Å². The highest BCUT2D eigenvalue weighted by Crippen LogP contribution is 2.28. The fourth-order valence-corrected chi connectivity index (χ4v) is 2.11. The zero-order valence-corrected chi connectivity index (χ0v) is 12.1. The van der Waals surface area contributed by atoms with Crippen molar-refractivity contribution in [3.63, 3.8) is 0 Å². The van der Waals surface area contributed by atoms with Gasteiger partial charge >= 0.3 is 0 Å². The summed E-state index contributed by atoms with van der Waals surface area (Å²) in [5, 5.41) is 10.4. The SMILES string of the molecule is CCOc1ccc(C(O)c2ccc(C)c(OC)c2)cc1. The van der Waals surface area contributed by atoms with Crippen LogP contribution in [0, 0.1) is 6.92 Å². The summed E-state index contributed by atoms with van der Waals surface area (Å²) in [4.78, 5) is 0. The second-order valence-electron chi connectivity index (χ2n) is 4.63. The van der Waals surface area contributed by atoms with Crippen molar-refractivity contribution in [3.05, 3.63) is 59.2 Å². The number of hydrogen-bond donors (Lipinski definition) is 1. The quantitative estimate of drug-likeness (QED) is 0.905. The Kier molecular flexibility index (Phi) is 4.64. The fourth-order valence-electron chi connectivity index (χ4n) is 2.11. The molecule has 1 atom stereocenters. The average Bonchev–Trinajstić information content (AvgIpc) is 2.48. The summed E-state index contributed by atoms with van der Waals surface area (Å²) in [6.07, 6.45) is -0.667. The number of aliphatic hydroxyl groups excluding tert-OH is 1. The van der Waals surface area contributed by atoms with Crippen molar-refractivity contribution in [2.45, 2.75) is 20.0 Å². The first-order chi connectivity index (χ1) is 9.65. The summed E-state index contributed by atoms with van der Waals surface area (Å²) in [7, 11) is 1.63. The number of ether oxygens (including phenoxy) is 2. The highest BCUT2D eigenvalue weighted by molar-refractivity contribution is 5.41. The molecule has 0 aliphatic carbocycles. The molecular formula is C17H20O3. The minimum Gasteiger partial charge on any atom is -0.496 e. The Labute approximate surface area is 119 Å². The first kappa shape index (κ1) is 14.4. The van der Waals surface area contributed by atoms with Crippen LogP contribution in [0.4, 0.5) is 0 Å². The second-order valence-corrected chi connectivity index (χ2v) is 4.63. The molecule has 1 unspecified atom stereocenters. The van der Waals surface area contributed by atoms with Gasteiger partial charge in [-0.15, -0.1) is 0 Å². The van der Waals surface area contributed by atoms with E-state index in [0.717, 1.165) is 28.2 Å². The van der Waals surface area contributed by atoms with Gasteiger partial charge in [-0.1, -0.05) is 24.3 Å². The third kappa shape index (κ3) is 3.11. The third-order valence-electron chi connectivity index (χ3n) is 3.25. The maximum Gasteiger partial charge on any atom is 0.122 e. The normalized spacial score (nSPS) is 12.0. The first-order valence-electron chi connectivity index (χ1n) is 6.71. The van der Waals surface area contributed by atoms with Crippen LogP contribution in [0.5, 0.6) is 11.5 Å². The molecule has 0 radical (unpaired) electrons. The molecule has 3 nitrogen and oxygen atoms in total. The second kappa shape index (κ2) is 6.44. The predicted octanol–water partition coefficient (Wildman–Crippen LogP) is 3.48. The largest absolute Gasteiger partial charge is 0.496 e. The van der Waals surface area contributed by atoms with Gasteiger partial charge in [0.25, 0.3) is 0 Å².